The van der Waals surface area contributed by atoms with Crippen LogP contribution < -0.4 is 5.32 Å². The van der Waals surface area contributed by atoms with E-state index in [9.17, 15) is 0 Å². The molecule has 1 aromatic rings. The molecule has 4 nitrogen and oxygen atoms in total. The van der Waals surface area contributed by atoms with Crippen LogP contribution in [0.25, 0.3) is 0 Å². The van der Waals surface area contributed by atoms with E-state index < -0.39 is 0 Å². The van der Waals surface area contributed by atoms with Gasteiger partial charge in [-0.15, -0.1) is 0 Å². The van der Waals surface area contributed by atoms with Gasteiger partial charge in [0.1, 0.15) is 17.3 Å². The third-order valence-electron chi connectivity index (χ3n) is 2.59. The molecular weight excluding hydrogens is 250 g/mol. The third-order valence-corrected chi connectivity index (χ3v) is 2.89. The molecule has 1 heterocycles. The van der Waals surface area contributed by atoms with Crippen molar-refractivity contribution in [3.05, 3.63) is 17.0 Å². The van der Waals surface area contributed by atoms with E-state index in [4.69, 9.17) is 16.3 Å². The summed E-state index contributed by atoms with van der Waals surface area (Å²) >= 11 is 6.08. The molecule has 0 fully saturated rings. The van der Waals surface area contributed by atoms with E-state index in [0.717, 1.165) is 37.4 Å². The number of hydrogen-bond acceptors (Lipinski definition) is 4. The van der Waals surface area contributed by atoms with Crippen LogP contribution in [0.3, 0.4) is 0 Å². The van der Waals surface area contributed by atoms with Crippen LogP contribution in [0.15, 0.2) is 6.33 Å². The normalized spacial score (nSPS) is 10.9. The molecule has 0 spiro atoms. The van der Waals surface area contributed by atoms with Crippen LogP contribution in [-0.4, -0.2) is 29.7 Å². The van der Waals surface area contributed by atoms with Gasteiger partial charge in [-0.3, -0.25) is 0 Å². The summed E-state index contributed by atoms with van der Waals surface area (Å²) in [6, 6.07) is 0. The third kappa shape index (κ3) is 4.78. The molecule has 0 aliphatic carbocycles. The summed E-state index contributed by atoms with van der Waals surface area (Å²) in [6.45, 7) is 8.54. The lowest BCUT2D eigenvalue weighted by molar-refractivity contribution is 0.141. The maximum absolute atomic E-state index is 6.08. The molecule has 102 valence electrons. The van der Waals surface area contributed by atoms with Crippen molar-refractivity contribution in [1.82, 2.24) is 9.97 Å². The smallest absolute Gasteiger partial charge is 0.138 e. The SMILES string of the molecule is CCCCOCCNc1ncnc(Cl)c1C(C)C. The Morgan fingerprint density at radius 1 is 1.33 bits per heavy atom. The van der Waals surface area contributed by atoms with E-state index in [1.165, 1.54) is 6.33 Å². The second-order valence-electron chi connectivity index (χ2n) is 4.47. The molecular formula is C13H22ClN3O. The summed E-state index contributed by atoms with van der Waals surface area (Å²) in [5.41, 5.74) is 0.965. The summed E-state index contributed by atoms with van der Waals surface area (Å²) < 4.78 is 5.49. The fraction of sp³-hybridized carbons (Fsp3) is 0.692. The van der Waals surface area contributed by atoms with Crippen molar-refractivity contribution in [1.29, 1.82) is 0 Å². The number of halogens is 1. The minimum atomic E-state index is 0.294. The maximum atomic E-state index is 6.08. The molecule has 0 saturated carbocycles. The standard InChI is InChI=1S/C13H22ClN3O/c1-4-5-7-18-8-6-15-13-11(10(2)3)12(14)16-9-17-13/h9-10H,4-8H2,1-3H3,(H,15,16,17). The molecule has 1 N–H and O–H groups in total. The average molecular weight is 272 g/mol. The van der Waals surface area contributed by atoms with Crippen molar-refractivity contribution in [2.24, 2.45) is 0 Å². The number of ether oxygens (including phenoxy) is 1. The van der Waals surface area contributed by atoms with E-state index in [2.05, 4.69) is 36.1 Å². The van der Waals surface area contributed by atoms with E-state index in [0.29, 0.717) is 17.7 Å². The van der Waals surface area contributed by atoms with Crippen molar-refractivity contribution < 1.29 is 4.74 Å². The fourth-order valence-electron chi connectivity index (χ4n) is 1.62. The molecule has 0 saturated heterocycles. The lowest BCUT2D eigenvalue weighted by atomic mass is 10.1. The van der Waals surface area contributed by atoms with Crippen molar-refractivity contribution >= 4 is 17.4 Å². The molecule has 0 aliphatic rings. The number of rotatable bonds is 8. The lowest BCUT2D eigenvalue weighted by Gasteiger charge is -2.14. The Hall–Kier alpha value is -0.870. The molecule has 0 radical (unpaired) electrons. The Balaban J connectivity index is 2.44. The van der Waals surface area contributed by atoms with Crippen LogP contribution in [0.5, 0.6) is 0 Å². The molecule has 0 bridgehead atoms. The second kappa shape index (κ2) is 8.27. The Labute approximate surface area is 114 Å². The first-order valence-electron chi connectivity index (χ1n) is 6.48. The van der Waals surface area contributed by atoms with Gasteiger partial charge in [-0.1, -0.05) is 38.8 Å². The minimum Gasteiger partial charge on any atom is -0.380 e. The first-order valence-corrected chi connectivity index (χ1v) is 6.86. The lowest BCUT2D eigenvalue weighted by Crippen LogP contribution is -2.13. The second-order valence-corrected chi connectivity index (χ2v) is 4.83. The van der Waals surface area contributed by atoms with Crippen molar-refractivity contribution in [2.75, 3.05) is 25.1 Å². The van der Waals surface area contributed by atoms with Gasteiger partial charge >= 0.3 is 0 Å². The Morgan fingerprint density at radius 2 is 2.11 bits per heavy atom. The molecule has 18 heavy (non-hydrogen) atoms. The van der Waals surface area contributed by atoms with Gasteiger partial charge in [0.2, 0.25) is 0 Å². The highest BCUT2D eigenvalue weighted by atomic mass is 35.5. The largest absolute Gasteiger partial charge is 0.380 e. The summed E-state index contributed by atoms with van der Waals surface area (Å²) in [5.74, 6) is 1.10. The van der Waals surface area contributed by atoms with Gasteiger partial charge in [0.25, 0.3) is 0 Å². The fourth-order valence-corrected chi connectivity index (χ4v) is 1.97. The van der Waals surface area contributed by atoms with Gasteiger partial charge < -0.3 is 10.1 Å². The highest BCUT2D eigenvalue weighted by Gasteiger charge is 2.12. The predicted molar refractivity (Wildman–Crippen MR) is 75.3 cm³/mol. The number of anilines is 1. The molecule has 1 aromatic heterocycles. The molecule has 0 unspecified atom stereocenters. The van der Waals surface area contributed by atoms with E-state index in [1.807, 2.05) is 0 Å². The number of unbranched alkanes of at least 4 members (excludes halogenated alkanes) is 1. The quantitative estimate of drug-likeness (QED) is 0.581. The van der Waals surface area contributed by atoms with Gasteiger partial charge in [0.15, 0.2) is 0 Å². The van der Waals surface area contributed by atoms with Gasteiger partial charge in [0.05, 0.1) is 6.61 Å². The Kier molecular flexibility index (Phi) is 6.98. The molecule has 1 rings (SSSR count). The first-order chi connectivity index (χ1) is 8.66. The molecule has 0 amide bonds. The number of aromatic nitrogens is 2. The Bertz CT molecular complexity index is 358. The van der Waals surface area contributed by atoms with Crippen molar-refractivity contribution in [3.8, 4) is 0 Å². The summed E-state index contributed by atoms with van der Waals surface area (Å²) in [7, 11) is 0. The van der Waals surface area contributed by atoms with Crippen molar-refractivity contribution in [2.45, 2.75) is 39.5 Å². The molecule has 0 aliphatic heterocycles. The minimum absolute atomic E-state index is 0.294. The molecule has 0 aromatic carbocycles. The average Bonchev–Trinajstić information content (AvgIpc) is 2.33. The van der Waals surface area contributed by atoms with Gasteiger partial charge in [-0.2, -0.15) is 0 Å². The Morgan fingerprint density at radius 3 is 2.78 bits per heavy atom. The van der Waals surface area contributed by atoms with Gasteiger partial charge in [0, 0.05) is 18.7 Å². The molecule has 0 atom stereocenters. The van der Waals surface area contributed by atoms with Gasteiger partial charge in [-0.05, 0) is 12.3 Å². The van der Waals surface area contributed by atoms with Crippen LogP contribution in [0.2, 0.25) is 5.15 Å². The van der Waals surface area contributed by atoms with Crippen LogP contribution >= 0.6 is 11.6 Å². The van der Waals surface area contributed by atoms with E-state index in [1.54, 1.807) is 0 Å². The number of nitrogens with zero attached hydrogens (tertiary/aromatic N) is 2. The monoisotopic (exact) mass is 271 g/mol. The van der Waals surface area contributed by atoms with Crippen LogP contribution in [0.4, 0.5) is 5.82 Å². The predicted octanol–water partition coefficient (Wildman–Crippen LogP) is 3.48. The topological polar surface area (TPSA) is 47.0 Å². The zero-order chi connectivity index (χ0) is 13.4. The summed E-state index contributed by atoms with van der Waals surface area (Å²) in [4.78, 5) is 8.25. The first kappa shape index (κ1) is 15.2. The number of hydrogen-bond donors (Lipinski definition) is 1. The van der Waals surface area contributed by atoms with Crippen molar-refractivity contribution in [3.63, 3.8) is 0 Å². The zero-order valence-corrected chi connectivity index (χ0v) is 12.1. The highest BCUT2D eigenvalue weighted by Crippen LogP contribution is 2.27. The van der Waals surface area contributed by atoms with Gasteiger partial charge in [-0.25, -0.2) is 9.97 Å². The maximum Gasteiger partial charge on any atom is 0.138 e. The number of nitrogens with one attached hydrogen (secondary N) is 1. The van der Waals surface area contributed by atoms with E-state index in [-0.39, 0.29) is 0 Å². The van der Waals surface area contributed by atoms with Crippen LogP contribution in [0, 0.1) is 0 Å². The van der Waals surface area contributed by atoms with Crippen LogP contribution in [-0.2, 0) is 4.74 Å². The van der Waals surface area contributed by atoms with Crippen LogP contribution in [0.1, 0.15) is 45.1 Å². The zero-order valence-electron chi connectivity index (χ0n) is 11.4. The van der Waals surface area contributed by atoms with E-state index >= 15 is 0 Å². The highest BCUT2D eigenvalue weighted by molar-refractivity contribution is 6.30. The molecule has 5 heteroatoms. The summed E-state index contributed by atoms with van der Waals surface area (Å²) in [5, 5.41) is 3.77. The summed E-state index contributed by atoms with van der Waals surface area (Å²) in [6.07, 6.45) is 3.75.